The van der Waals surface area contributed by atoms with Crippen molar-refractivity contribution in [2.75, 3.05) is 18.6 Å². The van der Waals surface area contributed by atoms with Crippen LogP contribution in [0.5, 0.6) is 17.2 Å². The van der Waals surface area contributed by atoms with Gasteiger partial charge in [-0.15, -0.1) is 0 Å². The minimum atomic E-state index is -0.842. The Morgan fingerprint density at radius 1 is 1.00 bits per heavy atom. The Kier molecular flexibility index (Phi) is 8.98. The lowest BCUT2D eigenvalue weighted by molar-refractivity contribution is -0.122. The molecule has 0 atom stereocenters. The predicted octanol–water partition coefficient (Wildman–Crippen LogP) is 6.02. The molecule has 0 spiro atoms. The van der Waals surface area contributed by atoms with Gasteiger partial charge in [-0.2, -0.15) is 0 Å². The van der Waals surface area contributed by atoms with Crippen molar-refractivity contribution < 1.29 is 33.0 Å². The number of hydrogen-bond donors (Lipinski definition) is 1. The van der Waals surface area contributed by atoms with Crippen LogP contribution in [0.4, 0.5) is 14.9 Å². The number of barbiturate groups is 1. The van der Waals surface area contributed by atoms with Gasteiger partial charge >= 0.3 is 6.03 Å². The number of unbranched alkanes of at least 4 members (excludes halogenated alkanes) is 1. The van der Waals surface area contributed by atoms with Crippen molar-refractivity contribution in [3.05, 3.63) is 87.7 Å². The standard InChI is InChI=1S/C29H26BrFN2O6/c1-3-4-13-38-22-11-9-21(10-12-22)33-28(35)23(27(34)32-29(33)36)14-19-15-24(30)26(25(16-19)37-2)39-17-18-5-7-20(31)8-6-18/h5-12,14-16H,3-4,13,17H2,1-2H3,(H,32,34,36)/b23-14-. The van der Waals surface area contributed by atoms with E-state index in [1.807, 2.05) is 0 Å². The summed E-state index contributed by atoms with van der Waals surface area (Å²) in [6, 6.07) is 14.8. The van der Waals surface area contributed by atoms with Crippen LogP contribution in [0.25, 0.3) is 6.08 Å². The molecule has 0 saturated carbocycles. The van der Waals surface area contributed by atoms with Crippen LogP contribution >= 0.6 is 15.9 Å². The molecule has 4 amide bonds. The summed E-state index contributed by atoms with van der Waals surface area (Å²) >= 11 is 3.45. The normalized spacial score (nSPS) is 14.4. The van der Waals surface area contributed by atoms with Crippen molar-refractivity contribution >= 4 is 45.5 Å². The van der Waals surface area contributed by atoms with Crippen LogP contribution in [0.15, 0.2) is 70.7 Å². The third-order valence-corrected chi connectivity index (χ3v) is 6.41. The molecule has 39 heavy (non-hydrogen) atoms. The van der Waals surface area contributed by atoms with Crippen LogP contribution in [0, 0.1) is 5.82 Å². The topological polar surface area (TPSA) is 94.2 Å². The van der Waals surface area contributed by atoms with Gasteiger partial charge in [-0.25, -0.2) is 14.1 Å². The molecule has 0 aliphatic carbocycles. The average molecular weight is 597 g/mol. The van der Waals surface area contributed by atoms with Gasteiger partial charge in [-0.05, 0) is 88.1 Å². The zero-order valence-electron chi connectivity index (χ0n) is 21.3. The van der Waals surface area contributed by atoms with Crippen LogP contribution in [-0.4, -0.2) is 31.6 Å². The summed E-state index contributed by atoms with van der Waals surface area (Å²) in [4.78, 5) is 39.4. The van der Waals surface area contributed by atoms with Gasteiger partial charge in [0, 0.05) is 0 Å². The lowest BCUT2D eigenvalue weighted by Crippen LogP contribution is -2.54. The number of ether oxygens (including phenoxy) is 3. The number of urea groups is 1. The zero-order chi connectivity index (χ0) is 27.9. The fourth-order valence-corrected chi connectivity index (χ4v) is 4.36. The molecule has 1 N–H and O–H groups in total. The van der Waals surface area contributed by atoms with Gasteiger partial charge in [0.15, 0.2) is 11.5 Å². The van der Waals surface area contributed by atoms with E-state index < -0.39 is 17.8 Å². The van der Waals surface area contributed by atoms with Crippen LogP contribution in [-0.2, 0) is 16.2 Å². The zero-order valence-corrected chi connectivity index (χ0v) is 22.9. The number of rotatable bonds is 10. The van der Waals surface area contributed by atoms with E-state index in [2.05, 4.69) is 28.2 Å². The van der Waals surface area contributed by atoms with Gasteiger partial charge in [0.25, 0.3) is 11.8 Å². The summed E-state index contributed by atoms with van der Waals surface area (Å²) < 4.78 is 30.7. The summed E-state index contributed by atoms with van der Waals surface area (Å²) in [5.41, 5.74) is 1.28. The van der Waals surface area contributed by atoms with Crippen LogP contribution in [0.1, 0.15) is 30.9 Å². The first kappa shape index (κ1) is 27.8. The predicted molar refractivity (Wildman–Crippen MR) is 147 cm³/mol. The van der Waals surface area contributed by atoms with Crippen molar-refractivity contribution in [1.82, 2.24) is 5.32 Å². The molecule has 3 aromatic carbocycles. The Morgan fingerprint density at radius 3 is 2.38 bits per heavy atom. The van der Waals surface area contributed by atoms with Crippen LogP contribution in [0.3, 0.4) is 0 Å². The fraction of sp³-hybridized carbons (Fsp3) is 0.207. The Hall–Kier alpha value is -4.18. The molecular formula is C29H26BrFN2O6. The van der Waals surface area contributed by atoms with Gasteiger partial charge in [-0.3, -0.25) is 14.9 Å². The maximum atomic E-state index is 13.3. The van der Waals surface area contributed by atoms with E-state index in [-0.39, 0.29) is 18.0 Å². The molecule has 0 aromatic heterocycles. The molecule has 202 valence electrons. The van der Waals surface area contributed by atoms with Gasteiger partial charge in [0.1, 0.15) is 23.7 Å². The first-order valence-corrected chi connectivity index (χ1v) is 13.0. The summed E-state index contributed by atoms with van der Waals surface area (Å²) in [6.07, 6.45) is 3.28. The Morgan fingerprint density at radius 2 is 1.72 bits per heavy atom. The number of carbonyl (C=O) groups excluding carboxylic acids is 3. The van der Waals surface area contributed by atoms with E-state index in [1.54, 1.807) is 48.5 Å². The minimum Gasteiger partial charge on any atom is -0.494 e. The van der Waals surface area contributed by atoms with E-state index in [4.69, 9.17) is 14.2 Å². The first-order chi connectivity index (χ1) is 18.8. The Bertz CT molecular complexity index is 1410. The number of hydrogen-bond acceptors (Lipinski definition) is 6. The highest BCUT2D eigenvalue weighted by Gasteiger charge is 2.37. The quantitative estimate of drug-likeness (QED) is 0.175. The maximum absolute atomic E-state index is 13.3. The molecule has 1 heterocycles. The molecule has 0 bridgehead atoms. The fourth-order valence-electron chi connectivity index (χ4n) is 3.78. The SMILES string of the molecule is CCCCOc1ccc(N2C(=O)NC(=O)/C(=C/c3cc(Br)c(OCc4ccc(F)cc4)c(OC)c3)C2=O)cc1. The summed E-state index contributed by atoms with van der Waals surface area (Å²) in [5.74, 6) is -0.579. The summed E-state index contributed by atoms with van der Waals surface area (Å²) in [6.45, 7) is 2.79. The van der Waals surface area contributed by atoms with Crippen LogP contribution < -0.4 is 24.4 Å². The van der Waals surface area contributed by atoms with E-state index in [1.165, 1.54) is 25.3 Å². The van der Waals surface area contributed by atoms with Crippen molar-refractivity contribution in [1.29, 1.82) is 0 Å². The van der Waals surface area contributed by atoms with Crippen molar-refractivity contribution in [3.63, 3.8) is 0 Å². The third-order valence-electron chi connectivity index (χ3n) is 5.82. The van der Waals surface area contributed by atoms with Crippen molar-refractivity contribution in [2.45, 2.75) is 26.4 Å². The molecule has 1 saturated heterocycles. The molecule has 1 fully saturated rings. The highest BCUT2D eigenvalue weighted by atomic mass is 79.9. The third kappa shape index (κ3) is 6.64. The van der Waals surface area contributed by atoms with Crippen molar-refractivity contribution in [3.8, 4) is 17.2 Å². The molecule has 10 heteroatoms. The number of benzene rings is 3. The molecule has 8 nitrogen and oxygen atoms in total. The molecule has 0 unspecified atom stereocenters. The average Bonchev–Trinajstić information content (AvgIpc) is 2.92. The first-order valence-electron chi connectivity index (χ1n) is 12.2. The van der Waals surface area contributed by atoms with E-state index in [0.717, 1.165) is 23.3 Å². The molecular weight excluding hydrogens is 571 g/mol. The number of imide groups is 2. The lowest BCUT2D eigenvalue weighted by atomic mass is 10.1. The molecule has 1 aliphatic heterocycles. The summed E-state index contributed by atoms with van der Waals surface area (Å²) in [5, 5.41) is 2.22. The van der Waals surface area contributed by atoms with Gasteiger partial charge in [-0.1, -0.05) is 25.5 Å². The number of carbonyl (C=O) groups is 3. The molecule has 0 radical (unpaired) electrons. The number of nitrogens with one attached hydrogen (secondary N) is 1. The second-order valence-electron chi connectivity index (χ2n) is 8.60. The Balaban J connectivity index is 1.57. The molecule has 1 aliphatic rings. The monoisotopic (exact) mass is 596 g/mol. The van der Waals surface area contributed by atoms with E-state index in [0.29, 0.717) is 39.6 Å². The van der Waals surface area contributed by atoms with E-state index in [9.17, 15) is 18.8 Å². The largest absolute Gasteiger partial charge is 0.494 e. The number of amides is 4. The Labute approximate surface area is 233 Å². The number of anilines is 1. The number of halogens is 2. The highest BCUT2D eigenvalue weighted by molar-refractivity contribution is 9.10. The minimum absolute atomic E-state index is 0.163. The van der Waals surface area contributed by atoms with E-state index >= 15 is 0 Å². The smallest absolute Gasteiger partial charge is 0.335 e. The maximum Gasteiger partial charge on any atom is 0.335 e. The van der Waals surface area contributed by atoms with Gasteiger partial charge in [0.05, 0.1) is 23.9 Å². The van der Waals surface area contributed by atoms with Gasteiger partial charge < -0.3 is 14.2 Å². The number of nitrogens with zero attached hydrogens (tertiary/aromatic N) is 1. The lowest BCUT2D eigenvalue weighted by Gasteiger charge is -2.26. The number of methoxy groups -OCH3 is 1. The second kappa shape index (κ2) is 12.6. The summed E-state index contributed by atoms with van der Waals surface area (Å²) in [7, 11) is 1.46. The highest BCUT2D eigenvalue weighted by Crippen LogP contribution is 2.38. The molecule has 3 aromatic rings. The second-order valence-corrected chi connectivity index (χ2v) is 9.46. The van der Waals surface area contributed by atoms with Crippen LogP contribution in [0.2, 0.25) is 0 Å². The van der Waals surface area contributed by atoms with Gasteiger partial charge in [0.2, 0.25) is 0 Å². The van der Waals surface area contributed by atoms with Crippen molar-refractivity contribution in [2.24, 2.45) is 0 Å². The molecule has 4 rings (SSSR count).